The van der Waals surface area contributed by atoms with Crippen molar-refractivity contribution in [1.82, 2.24) is 10.5 Å². The quantitative estimate of drug-likeness (QED) is 0.189. The standard InChI is InChI=1S/C25H23FIN3O4/c1-25(2,32-14-16-6-4-3-5-7-16)15-33-30-24(31)23-22(18-13-28-11-10-21(18)34-23)29-20-9-8-17(27)12-19(20)26/h3-13,29H,14-15H2,1-2H3,(H,30,31). The second kappa shape index (κ2) is 10.5. The normalized spacial score (nSPS) is 11.5. The molecule has 176 valence electrons. The van der Waals surface area contributed by atoms with Crippen molar-refractivity contribution < 1.29 is 23.2 Å². The summed E-state index contributed by atoms with van der Waals surface area (Å²) < 4.78 is 26.9. The number of carbonyl (C=O) groups is 1. The minimum Gasteiger partial charge on any atom is -0.448 e. The highest BCUT2D eigenvalue weighted by atomic mass is 127. The van der Waals surface area contributed by atoms with Gasteiger partial charge in [-0.25, -0.2) is 9.87 Å². The summed E-state index contributed by atoms with van der Waals surface area (Å²) in [5, 5.41) is 3.50. The molecule has 0 fully saturated rings. The van der Waals surface area contributed by atoms with E-state index < -0.39 is 17.3 Å². The maximum Gasteiger partial charge on any atom is 0.312 e. The van der Waals surface area contributed by atoms with Gasteiger partial charge in [0.05, 0.1) is 23.3 Å². The van der Waals surface area contributed by atoms with Crippen LogP contribution in [0.5, 0.6) is 0 Å². The first-order chi connectivity index (χ1) is 16.3. The number of rotatable bonds is 9. The molecule has 2 aromatic carbocycles. The van der Waals surface area contributed by atoms with Gasteiger partial charge in [-0.05, 0) is 66.3 Å². The molecule has 0 aliphatic carbocycles. The number of benzene rings is 2. The van der Waals surface area contributed by atoms with E-state index in [2.05, 4.69) is 15.8 Å². The molecule has 0 unspecified atom stereocenters. The zero-order valence-electron chi connectivity index (χ0n) is 18.6. The van der Waals surface area contributed by atoms with Crippen LogP contribution >= 0.6 is 22.6 Å². The van der Waals surface area contributed by atoms with E-state index >= 15 is 0 Å². The van der Waals surface area contributed by atoms with Crippen LogP contribution in [-0.2, 0) is 16.2 Å². The number of aromatic nitrogens is 1. The maximum absolute atomic E-state index is 14.5. The van der Waals surface area contributed by atoms with Gasteiger partial charge in [0.1, 0.15) is 23.7 Å². The summed E-state index contributed by atoms with van der Waals surface area (Å²) in [7, 11) is 0. The molecule has 2 N–H and O–H groups in total. The average molecular weight is 575 g/mol. The Balaban J connectivity index is 1.45. The van der Waals surface area contributed by atoms with Gasteiger partial charge >= 0.3 is 5.91 Å². The zero-order chi connectivity index (χ0) is 24.1. The number of furan rings is 1. The molecule has 34 heavy (non-hydrogen) atoms. The molecule has 0 radical (unpaired) electrons. The van der Waals surface area contributed by atoms with E-state index in [1.54, 1.807) is 30.6 Å². The lowest BCUT2D eigenvalue weighted by atomic mass is 10.1. The highest BCUT2D eigenvalue weighted by Crippen LogP contribution is 2.33. The average Bonchev–Trinajstić information content (AvgIpc) is 3.19. The molecule has 2 heterocycles. The van der Waals surface area contributed by atoms with E-state index in [1.807, 2.05) is 66.8 Å². The Morgan fingerprint density at radius 3 is 2.74 bits per heavy atom. The molecule has 0 aliphatic rings. The Morgan fingerprint density at radius 1 is 1.18 bits per heavy atom. The van der Waals surface area contributed by atoms with Gasteiger partial charge in [0.15, 0.2) is 0 Å². The number of hydrogen-bond donors (Lipinski definition) is 2. The first kappa shape index (κ1) is 24.1. The van der Waals surface area contributed by atoms with Crippen molar-refractivity contribution in [3.63, 3.8) is 0 Å². The molecular weight excluding hydrogens is 552 g/mol. The van der Waals surface area contributed by atoms with E-state index in [0.717, 1.165) is 9.13 Å². The van der Waals surface area contributed by atoms with Crippen molar-refractivity contribution in [2.24, 2.45) is 0 Å². The number of hydroxylamine groups is 1. The lowest BCUT2D eigenvalue weighted by Crippen LogP contribution is -2.35. The number of ether oxygens (including phenoxy) is 1. The number of hydrogen-bond acceptors (Lipinski definition) is 6. The van der Waals surface area contributed by atoms with Gasteiger partial charge in [-0.3, -0.25) is 14.6 Å². The van der Waals surface area contributed by atoms with Crippen LogP contribution in [-0.4, -0.2) is 23.1 Å². The molecular formula is C25H23FIN3O4. The maximum atomic E-state index is 14.5. The summed E-state index contributed by atoms with van der Waals surface area (Å²) in [5.74, 6) is -1.13. The fourth-order valence-corrected chi connectivity index (χ4v) is 3.62. The molecule has 7 nitrogen and oxygen atoms in total. The fraction of sp³-hybridized carbons (Fsp3) is 0.200. The Morgan fingerprint density at radius 2 is 1.97 bits per heavy atom. The Labute approximate surface area is 209 Å². The fourth-order valence-electron chi connectivity index (χ4n) is 3.17. The topological polar surface area (TPSA) is 85.6 Å². The van der Waals surface area contributed by atoms with Gasteiger partial charge in [-0.1, -0.05) is 30.3 Å². The number of halogens is 2. The lowest BCUT2D eigenvalue weighted by Gasteiger charge is -2.24. The van der Waals surface area contributed by atoms with Crippen LogP contribution in [0.1, 0.15) is 30.0 Å². The van der Waals surface area contributed by atoms with Crippen molar-refractivity contribution in [1.29, 1.82) is 0 Å². The van der Waals surface area contributed by atoms with Crippen molar-refractivity contribution in [2.75, 3.05) is 11.9 Å². The molecule has 1 amide bonds. The minimum absolute atomic E-state index is 0.0519. The second-order valence-electron chi connectivity index (χ2n) is 8.18. The predicted molar refractivity (Wildman–Crippen MR) is 135 cm³/mol. The minimum atomic E-state index is -0.660. The summed E-state index contributed by atoms with van der Waals surface area (Å²) in [6.07, 6.45) is 3.09. The number of pyridine rings is 1. The monoisotopic (exact) mass is 575 g/mol. The molecule has 9 heteroatoms. The summed E-state index contributed by atoms with van der Waals surface area (Å²) in [6.45, 7) is 4.24. The first-order valence-corrected chi connectivity index (χ1v) is 11.6. The molecule has 0 saturated carbocycles. The second-order valence-corrected chi connectivity index (χ2v) is 9.43. The van der Waals surface area contributed by atoms with E-state index in [4.69, 9.17) is 14.0 Å². The molecule has 4 rings (SSSR count). The molecule has 0 atom stereocenters. The van der Waals surface area contributed by atoms with Crippen LogP contribution in [0.15, 0.2) is 71.4 Å². The number of amides is 1. The van der Waals surface area contributed by atoms with Gasteiger partial charge < -0.3 is 14.5 Å². The van der Waals surface area contributed by atoms with E-state index in [9.17, 15) is 9.18 Å². The Kier molecular flexibility index (Phi) is 7.44. The van der Waals surface area contributed by atoms with Gasteiger partial charge in [0.2, 0.25) is 5.76 Å². The number of carbonyl (C=O) groups excluding carboxylic acids is 1. The van der Waals surface area contributed by atoms with Crippen LogP contribution in [0.25, 0.3) is 11.0 Å². The number of nitrogens with zero attached hydrogens (tertiary/aromatic N) is 1. The van der Waals surface area contributed by atoms with Crippen LogP contribution < -0.4 is 10.8 Å². The van der Waals surface area contributed by atoms with Crippen molar-refractivity contribution in [3.8, 4) is 0 Å². The molecule has 4 aromatic rings. The Bertz CT molecular complexity index is 1290. The summed E-state index contributed by atoms with van der Waals surface area (Å²) in [5.41, 5.74) is 3.70. The summed E-state index contributed by atoms with van der Waals surface area (Å²) >= 11 is 2.03. The van der Waals surface area contributed by atoms with E-state index in [-0.39, 0.29) is 18.1 Å². The molecule has 2 aromatic heterocycles. The molecule has 0 bridgehead atoms. The van der Waals surface area contributed by atoms with Gasteiger partial charge in [0, 0.05) is 16.0 Å². The van der Waals surface area contributed by atoms with Crippen LogP contribution in [0.3, 0.4) is 0 Å². The first-order valence-electron chi connectivity index (χ1n) is 10.5. The van der Waals surface area contributed by atoms with Crippen molar-refractivity contribution in [3.05, 3.63) is 87.7 Å². The Hall–Kier alpha value is -3.02. The third-order valence-corrected chi connectivity index (χ3v) is 5.61. The third-order valence-electron chi connectivity index (χ3n) is 4.94. The molecule has 0 spiro atoms. The van der Waals surface area contributed by atoms with Gasteiger partial charge in [0.25, 0.3) is 0 Å². The largest absolute Gasteiger partial charge is 0.448 e. The van der Waals surface area contributed by atoms with Gasteiger partial charge in [-0.15, -0.1) is 0 Å². The van der Waals surface area contributed by atoms with Crippen LogP contribution in [0, 0.1) is 9.39 Å². The third kappa shape index (κ3) is 5.91. The van der Waals surface area contributed by atoms with Crippen molar-refractivity contribution >= 4 is 50.8 Å². The number of nitrogens with one attached hydrogen (secondary N) is 2. The zero-order valence-corrected chi connectivity index (χ0v) is 20.8. The molecule has 0 saturated heterocycles. The van der Waals surface area contributed by atoms with Crippen LogP contribution in [0.2, 0.25) is 0 Å². The summed E-state index contributed by atoms with van der Waals surface area (Å²) in [6, 6.07) is 16.1. The highest BCUT2D eigenvalue weighted by Gasteiger charge is 2.24. The van der Waals surface area contributed by atoms with Crippen molar-refractivity contribution in [2.45, 2.75) is 26.1 Å². The smallest absolute Gasteiger partial charge is 0.312 e. The number of anilines is 2. The van der Waals surface area contributed by atoms with Crippen LogP contribution in [0.4, 0.5) is 15.8 Å². The summed E-state index contributed by atoms with van der Waals surface area (Å²) in [4.78, 5) is 22.4. The van der Waals surface area contributed by atoms with E-state index in [1.165, 1.54) is 6.07 Å². The number of fused-ring (bicyclic) bond motifs is 1. The lowest BCUT2D eigenvalue weighted by molar-refractivity contribution is -0.100. The predicted octanol–water partition coefficient (Wildman–Crippen LogP) is 5.97. The highest BCUT2D eigenvalue weighted by molar-refractivity contribution is 14.1. The SMILES string of the molecule is CC(C)(CONC(=O)c1oc2ccncc2c1Nc1ccc(I)cc1F)OCc1ccccc1. The van der Waals surface area contributed by atoms with Gasteiger partial charge in [-0.2, -0.15) is 0 Å². The molecule has 0 aliphatic heterocycles. The van der Waals surface area contributed by atoms with E-state index in [0.29, 0.717) is 23.3 Å².